The molecule has 3 rings (SSSR count). The zero-order valence-electron chi connectivity index (χ0n) is 14.3. The Morgan fingerprint density at radius 2 is 1.85 bits per heavy atom. The fourth-order valence-electron chi connectivity index (χ4n) is 2.41. The lowest BCUT2D eigenvalue weighted by atomic mass is 10.0. The van der Waals surface area contributed by atoms with Crippen molar-refractivity contribution in [2.24, 2.45) is 0 Å². The van der Waals surface area contributed by atoms with Crippen molar-refractivity contribution in [2.45, 2.75) is 26.2 Å². The third kappa shape index (κ3) is 4.42. The fourth-order valence-corrected chi connectivity index (χ4v) is 2.90. The van der Waals surface area contributed by atoms with Crippen molar-refractivity contribution in [1.82, 2.24) is 10.2 Å². The smallest absolute Gasteiger partial charge is 0.322 e. The van der Waals surface area contributed by atoms with E-state index in [-0.39, 0.29) is 16.6 Å². The SMILES string of the molecule is CC(C)c1ccc(Cc2nnc(NC(=O)c3ccc(Cl)cc3Cl)o2)cc1. The second-order valence-electron chi connectivity index (χ2n) is 6.15. The molecule has 0 bridgehead atoms. The van der Waals surface area contributed by atoms with Gasteiger partial charge in [0, 0.05) is 5.02 Å². The molecule has 5 nitrogen and oxygen atoms in total. The molecular formula is C19H17Cl2N3O2. The normalized spacial score (nSPS) is 11.0. The zero-order valence-corrected chi connectivity index (χ0v) is 15.8. The van der Waals surface area contributed by atoms with Gasteiger partial charge < -0.3 is 4.42 Å². The fraction of sp³-hybridized carbons (Fsp3) is 0.211. The van der Waals surface area contributed by atoms with Gasteiger partial charge in [-0.2, -0.15) is 0 Å². The number of rotatable bonds is 5. The molecule has 1 N–H and O–H groups in total. The second kappa shape index (κ2) is 7.89. The van der Waals surface area contributed by atoms with Crippen molar-refractivity contribution >= 4 is 35.1 Å². The van der Waals surface area contributed by atoms with Crippen LogP contribution in [0, 0.1) is 0 Å². The number of nitrogens with one attached hydrogen (secondary N) is 1. The lowest BCUT2D eigenvalue weighted by Crippen LogP contribution is -2.12. The van der Waals surface area contributed by atoms with E-state index in [1.54, 1.807) is 6.07 Å². The number of hydrogen-bond acceptors (Lipinski definition) is 4. The summed E-state index contributed by atoms with van der Waals surface area (Å²) in [4.78, 5) is 12.2. The molecule has 26 heavy (non-hydrogen) atoms. The van der Waals surface area contributed by atoms with Crippen LogP contribution < -0.4 is 5.32 Å². The van der Waals surface area contributed by atoms with E-state index in [0.29, 0.717) is 23.3 Å². The number of aromatic nitrogens is 2. The van der Waals surface area contributed by atoms with Crippen LogP contribution in [0.2, 0.25) is 10.0 Å². The molecule has 0 unspecified atom stereocenters. The lowest BCUT2D eigenvalue weighted by molar-refractivity contribution is 0.102. The van der Waals surface area contributed by atoms with Crippen molar-refractivity contribution < 1.29 is 9.21 Å². The standard InChI is InChI=1S/C19H17Cl2N3O2/c1-11(2)13-5-3-12(4-6-13)9-17-23-24-19(26-17)22-18(25)15-8-7-14(20)10-16(15)21/h3-8,10-11H,9H2,1-2H3,(H,22,24,25). The molecule has 0 atom stereocenters. The number of carbonyl (C=O) groups excluding carboxylic acids is 1. The highest BCUT2D eigenvalue weighted by atomic mass is 35.5. The molecule has 0 saturated heterocycles. The number of carbonyl (C=O) groups is 1. The van der Waals surface area contributed by atoms with Crippen LogP contribution in [-0.4, -0.2) is 16.1 Å². The average Bonchev–Trinajstić information content (AvgIpc) is 3.02. The molecule has 1 amide bonds. The summed E-state index contributed by atoms with van der Waals surface area (Å²) in [7, 11) is 0. The Bertz CT molecular complexity index is 921. The molecule has 0 saturated carbocycles. The summed E-state index contributed by atoms with van der Waals surface area (Å²) in [5.41, 5.74) is 2.60. The first-order valence-corrected chi connectivity index (χ1v) is 8.85. The summed E-state index contributed by atoms with van der Waals surface area (Å²) in [6, 6.07) is 12.9. The summed E-state index contributed by atoms with van der Waals surface area (Å²) < 4.78 is 5.50. The van der Waals surface area contributed by atoms with E-state index >= 15 is 0 Å². The zero-order chi connectivity index (χ0) is 18.7. The van der Waals surface area contributed by atoms with E-state index in [9.17, 15) is 4.79 Å². The van der Waals surface area contributed by atoms with Crippen LogP contribution in [0.25, 0.3) is 0 Å². The van der Waals surface area contributed by atoms with Gasteiger partial charge in [-0.25, -0.2) is 0 Å². The van der Waals surface area contributed by atoms with Gasteiger partial charge in [0.1, 0.15) is 0 Å². The number of amides is 1. The Balaban J connectivity index is 1.66. The highest BCUT2D eigenvalue weighted by Gasteiger charge is 2.15. The first-order chi connectivity index (χ1) is 12.4. The quantitative estimate of drug-likeness (QED) is 0.638. The van der Waals surface area contributed by atoms with Crippen molar-refractivity contribution in [1.29, 1.82) is 0 Å². The van der Waals surface area contributed by atoms with E-state index < -0.39 is 5.91 Å². The van der Waals surface area contributed by atoms with Gasteiger partial charge >= 0.3 is 6.01 Å². The van der Waals surface area contributed by atoms with E-state index in [1.807, 2.05) is 12.1 Å². The van der Waals surface area contributed by atoms with Gasteiger partial charge in [0.25, 0.3) is 5.91 Å². The van der Waals surface area contributed by atoms with Crippen LogP contribution in [0.3, 0.4) is 0 Å². The van der Waals surface area contributed by atoms with Crippen LogP contribution in [0.5, 0.6) is 0 Å². The molecule has 0 fully saturated rings. The highest BCUT2D eigenvalue weighted by molar-refractivity contribution is 6.37. The predicted molar refractivity (Wildman–Crippen MR) is 102 cm³/mol. The average molecular weight is 390 g/mol. The minimum absolute atomic E-state index is 0.0230. The lowest BCUT2D eigenvalue weighted by Gasteiger charge is -2.05. The van der Waals surface area contributed by atoms with Crippen LogP contribution in [0.1, 0.15) is 47.1 Å². The molecule has 1 heterocycles. The molecule has 1 aromatic heterocycles. The topological polar surface area (TPSA) is 68.0 Å². The summed E-state index contributed by atoms with van der Waals surface area (Å²) in [5.74, 6) is 0.455. The van der Waals surface area contributed by atoms with Gasteiger partial charge in [-0.1, -0.05) is 66.4 Å². The minimum atomic E-state index is -0.442. The van der Waals surface area contributed by atoms with E-state index in [1.165, 1.54) is 17.7 Å². The second-order valence-corrected chi connectivity index (χ2v) is 7.00. The Kier molecular flexibility index (Phi) is 5.59. The van der Waals surface area contributed by atoms with Gasteiger partial charge in [-0.3, -0.25) is 10.1 Å². The van der Waals surface area contributed by atoms with Crippen LogP contribution in [0.4, 0.5) is 6.01 Å². The van der Waals surface area contributed by atoms with Crippen molar-refractivity contribution in [3.05, 3.63) is 75.1 Å². The van der Waals surface area contributed by atoms with Gasteiger partial charge in [0.05, 0.1) is 17.0 Å². The number of anilines is 1. The minimum Gasteiger partial charge on any atom is -0.407 e. The molecule has 134 valence electrons. The maximum absolute atomic E-state index is 12.2. The molecule has 2 aromatic carbocycles. The molecular weight excluding hydrogens is 373 g/mol. The summed E-state index contributed by atoms with van der Waals surface area (Å²) in [6.45, 7) is 4.30. The van der Waals surface area contributed by atoms with Gasteiger partial charge in [0.15, 0.2) is 0 Å². The highest BCUT2D eigenvalue weighted by Crippen LogP contribution is 2.22. The Labute approximate surface area is 161 Å². The van der Waals surface area contributed by atoms with E-state index in [2.05, 4.69) is 41.5 Å². The molecule has 0 spiro atoms. The van der Waals surface area contributed by atoms with Crippen molar-refractivity contribution in [2.75, 3.05) is 5.32 Å². The third-order valence-corrected chi connectivity index (χ3v) is 4.41. The monoisotopic (exact) mass is 389 g/mol. The Morgan fingerprint density at radius 3 is 2.50 bits per heavy atom. The predicted octanol–water partition coefficient (Wildman–Crippen LogP) is 5.34. The van der Waals surface area contributed by atoms with Gasteiger partial charge in [-0.05, 0) is 35.2 Å². The molecule has 3 aromatic rings. The number of benzene rings is 2. The van der Waals surface area contributed by atoms with Crippen molar-refractivity contribution in [3.63, 3.8) is 0 Å². The first kappa shape index (κ1) is 18.4. The van der Waals surface area contributed by atoms with Crippen molar-refractivity contribution in [3.8, 4) is 0 Å². The number of halogens is 2. The Morgan fingerprint density at radius 1 is 1.12 bits per heavy atom. The van der Waals surface area contributed by atoms with Gasteiger partial charge in [-0.15, -0.1) is 5.10 Å². The maximum Gasteiger partial charge on any atom is 0.322 e. The molecule has 0 aliphatic rings. The van der Waals surface area contributed by atoms with Gasteiger partial charge in [0.2, 0.25) is 5.89 Å². The molecule has 0 radical (unpaired) electrons. The maximum atomic E-state index is 12.2. The summed E-state index contributed by atoms with van der Waals surface area (Å²) in [6.07, 6.45) is 0.489. The molecule has 7 heteroatoms. The summed E-state index contributed by atoms with van der Waals surface area (Å²) >= 11 is 11.9. The van der Waals surface area contributed by atoms with Crippen LogP contribution >= 0.6 is 23.2 Å². The van der Waals surface area contributed by atoms with Crippen LogP contribution in [-0.2, 0) is 6.42 Å². The largest absolute Gasteiger partial charge is 0.407 e. The third-order valence-electron chi connectivity index (χ3n) is 3.86. The number of nitrogens with zero attached hydrogens (tertiary/aromatic N) is 2. The number of hydrogen-bond donors (Lipinski definition) is 1. The molecule has 0 aliphatic heterocycles. The van der Waals surface area contributed by atoms with E-state index in [4.69, 9.17) is 27.6 Å². The Hall–Kier alpha value is -2.37. The van der Waals surface area contributed by atoms with Crippen LogP contribution in [0.15, 0.2) is 46.9 Å². The first-order valence-electron chi connectivity index (χ1n) is 8.10. The summed E-state index contributed by atoms with van der Waals surface area (Å²) in [5, 5.41) is 11.1. The van der Waals surface area contributed by atoms with E-state index in [0.717, 1.165) is 5.56 Å². The molecule has 0 aliphatic carbocycles.